The molecule has 20 heavy (non-hydrogen) atoms. The highest BCUT2D eigenvalue weighted by atomic mass is 19.1. The maximum absolute atomic E-state index is 12.8. The fraction of sp³-hybridized carbons (Fsp3) is 0.429. The van der Waals surface area contributed by atoms with Crippen molar-refractivity contribution in [1.82, 2.24) is 5.32 Å². The fourth-order valence-electron chi connectivity index (χ4n) is 1.69. The van der Waals surface area contributed by atoms with Crippen molar-refractivity contribution >= 4 is 17.7 Å². The number of urea groups is 1. The van der Waals surface area contributed by atoms with E-state index in [1.807, 2.05) is 6.92 Å². The SMILES string of the molecule is CC[C@H](C)[C@H](NC(=O)N(C)c1ccc(F)cc1)C(=O)O. The van der Waals surface area contributed by atoms with Crippen molar-refractivity contribution in [2.45, 2.75) is 26.3 Å². The molecule has 0 unspecified atom stereocenters. The molecule has 0 saturated carbocycles. The molecule has 0 aliphatic rings. The predicted molar refractivity (Wildman–Crippen MR) is 74.2 cm³/mol. The minimum atomic E-state index is -1.07. The van der Waals surface area contributed by atoms with Crippen LogP contribution in [0.4, 0.5) is 14.9 Å². The van der Waals surface area contributed by atoms with Crippen LogP contribution in [0, 0.1) is 11.7 Å². The highest BCUT2D eigenvalue weighted by Crippen LogP contribution is 2.14. The van der Waals surface area contributed by atoms with Gasteiger partial charge >= 0.3 is 12.0 Å². The third-order valence-corrected chi connectivity index (χ3v) is 3.28. The number of benzene rings is 1. The van der Waals surface area contributed by atoms with E-state index >= 15 is 0 Å². The number of nitrogens with one attached hydrogen (secondary N) is 1. The van der Waals surface area contributed by atoms with E-state index < -0.39 is 23.9 Å². The van der Waals surface area contributed by atoms with Gasteiger partial charge in [0.25, 0.3) is 0 Å². The van der Waals surface area contributed by atoms with Gasteiger partial charge in [0.1, 0.15) is 11.9 Å². The van der Waals surface area contributed by atoms with Crippen LogP contribution in [0.2, 0.25) is 0 Å². The van der Waals surface area contributed by atoms with Gasteiger partial charge < -0.3 is 10.4 Å². The molecule has 2 atom stereocenters. The maximum atomic E-state index is 12.8. The first-order chi connectivity index (χ1) is 9.36. The van der Waals surface area contributed by atoms with E-state index in [1.54, 1.807) is 6.92 Å². The number of halogens is 1. The van der Waals surface area contributed by atoms with E-state index in [-0.39, 0.29) is 5.92 Å². The Labute approximate surface area is 117 Å². The van der Waals surface area contributed by atoms with Gasteiger partial charge in [-0.25, -0.2) is 14.0 Å². The molecule has 0 radical (unpaired) electrons. The average Bonchev–Trinajstić information content (AvgIpc) is 2.43. The van der Waals surface area contributed by atoms with Crippen molar-refractivity contribution in [1.29, 1.82) is 0 Å². The first-order valence-electron chi connectivity index (χ1n) is 6.39. The number of hydrogen-bond donors (Lipinski definition) is 2. The van der Waals surface area contributed by atoms with E-state index in [2.05, 4.69) is 5.32 Å². The molecule has 1 aromatic carbocycles. The third-order valence-electron chi connectivity index (χ3n) is 3.28. The molecule has 0 bridgehead atoms. The highest BCUT2D eigenvalue weighted by Gasteiger charge is 2.26. The number of hydrogen-bond acceptors (Lipinski definition) is 2. The van der Waals surface area contributed by atoms with Crippen LogP contribution >= 0.6 is 0 Å². The van der Waals surface area contributed by atoms with Gasteiger partial charge in [0.05, 0.1) is 0 Å². The fourth-order valence-corrected chi connectivity index (χ4v) is 1.69. The van der Waals surface area contributed by atoms with Gasteiger partial charge in [-0.3, -0.25) is 4.90 Å². The molecule has 1 aromatic rings. The van der Waals surface area contributed by atoms with E-state index in [0.717, 1.165) is 0 Å². The standard InChI is InChI=1S/C14H19FN2O3/c1-4-9(2)12(13(18)19)16-14(20)17(3)11-7-5-10(15)6-8-11/h5-9,12H,4H2,1-3H3,(H,16,20)(H,18,19)/t9-,12-/m0/s1. The van der Waals surface area contributed by atoms with Gasteiger partial charge in [0.15, 0.2) is 0 Å². The van der Waals surface area contributed by atoms with Gasteiger partial charge in [0.2, 0.25) is 0 Å². The largest absolute Gasteiger partial charge is 0.480 e. The molecule has 6 heteroatoms. The first kappa shape index (κ1) is 15.9. The zero-order valence-corrected chi connectivity index (χ0v) is 11.8. The summed E-state index contributed by atoms with van der Waals surface area (Å²) in [7, 11) is 1.50. The van der Waals surface area contributed by atoms with Gasteiger partial charge in [-0.1, -0.05) is 20.3 Å². The average molecular weight is 282 g/mol. The molecule has 0 aliphatic carbocycles. The Hall–Kier alpha value is -2.11. The Morgan fingerprint density at radius 3 is 2.35 bits per heavy atom. The Morgan fingerprint density at radius 2 is 1.90 bits per heavy atom. The molecule has 0 fully saturated rings. The molecule has 2 amide bonds. The van der Waals surface area contributed by atoms with Gasteiger partial charge in [0, 0.05) is 12.7 Å². The second-order valence-corrected chi connectivity index (χ2v) is 4.69. The van der Waals surface area contributed by atoms with Crippen LogP contribution in [0.3, 0.4) is 0 Å². The van der Waals surface area contributed by atoms with Crippen molar-refractivity contribution in [3.63, 3.8) is 0 Å². The van der Waals surface area contributed by atoms with Crippen molar-refractivity contribution in [3.05, 3.63) is 30.1 Å². The normalized spacial score (nSPS) is 13.4. The van der Waals surface area contributed by atoms with Crippen molar-refractivity contribution in [2.75, 3.05) is 11.9 Å². The molecule has 0 spiro atoms. The minimum absolute atomic E-state index is 0.182. The molecule has 1 rings (SSSR count). The van der Waals surface area contributed by atoms with Crippen LogP contribution < -0.4 is 10.2 Å². The van der Waals surface area contributed by atoms with Crippen molar-refractivity contribution in [2.24, 2.45) is 5.92 Å². The second-order valence-electron chi connectivity index (χ2n) is 4.69. The highest BCUT2D eigenvalue weighted by molar-refractivity contribution is 5.94. The lowest BCUT2D eigenvalue weighted by Gasteiger charge is -2.24. The number of carboxylic acids is 1. The Morgan fingerprint density at radius 1 is 1.35 bits per heavy atom. The number of carbonyl (C=O) groups is 2. The summed E-state index contributed by atoms with van der Waals surface area (Å²) < 4.78 is 12.8. The molecular weight excluding hydrogens is 263 g/mol. The van der Waals surface area contributed by atoms with Crippen LogP contribution in [-0.4, -0.2) is 30.2 Å². The predicted octanol–water partition coefficient (Wildman–Crippen LogP) is 2.47. The van der Waals surface area contributed by atoms with Crippen LogP contribution in [-0.2, 0) is 4.79 Å². The summed E-state index contributed by atoms with van der Waals surface area (Å²) in [4.78, 5) is 24.4. The van der Waals surface area contributed by atoms with Gasteiger partial charge in [-0.15, -0.1) is 0 Å². The Bertz CT molecular complexity index is 476. The minimum Gasteiger partial charge on any atom is -0.480 e. The van der Waals surface area contributed by atoms with Crippen LogP contribution in [0.25, 0.3) is 0 Å². The quantitative estimate of drug-likeness (QED) is 0.871. The summed E-state index contributed by atoms with van der Waals surface area (Å²) in [6, 6.07) is 3.90. The molecule has 0 aliphatic heterocycles. The van der Waals surface area contributed by atoms with Crippen LogP contribution in [0.5, 0.6) is 0 Å². The summed E-state index contributed by atoms with van der Waals surface area (Å²) in [5, 5.41) is 11.6. The lowest BCUT2D eigenvalue weighted by molar-refractivity contribution is -0.140. The lowest BCUT2D eigenvalue weighted by Crippen LogP contribution is -2.49. The van der Waals surface area contributed by atoms with Gasteiger partial charge in [-0.05, 0) is 30.2 Å². The van der Waals surface area contributed by atoms with E-state index in [1.165, 1.54) is 36.2 Å². The van der Waals surface area contributed by atoms with E-state index in [0.29, 0.717) is 12.1 Å². The van der Waals surface area contributed by atoms with Crippen molar-refractivity contribution < 1.29 is 19.1 Å². The molecule has 5 nitrogen and oxygen atoms in total. The number of anilines is 1. The maximum Gasteiger partial charge on any atom is 0.326 e. The summed E-state index contributed by atoms with van der Waals surface area (Å²) >= 11 is 0. The molecule has 0 saturated heterocycles. The Balaban J connectivity index is 2.78. The lowest BCUT2D eigenvalue weighted by atomic mass is 9.99. The molecular formula is C14H19FN2O3. The van der Waals surface area contributed by atoms with E-state index in [9.17, 15) is 14.0 Å². The second kappa shape index (κ2) is 6.88. The number of amides is 2. The molecule has 2 N–H and O–H groups in total. The molecule has 0 heterocycles. The topological polar surface area (TPSA) is 69.6 Å². The summed E-state index contributed by atoms with van der Waals surface area (Å²) in [5.74, 6) is -1.65. The summed E-state index contributed by atoms with van der Waals surface area (Å²) in [5.41, 5.74) is 0.484. The zero-order valence-electron chi connectivity index (χ0n) is 11.8. The third kappa shape index (κ3) is 3.94. The molecule has 0 aromatic heterocycles. The van der Waals surface area contributed by atoms with Crippen LogP contribution in [0.15, 0.2) is 24.3 Å². The number of rotatable bonds is 5. The number of carbonyl (C=O) groups excluding carboxylic acids is 1. The monoisotopic (exact) mass is 282 g/mol. The number of carboxylic acid groups (broad SMARTS) is 1. The zero-order chi connectivity index (χ0) is 15.3. The molecule has 110 valence electrons. The van der Waals surface area contributed by atoms with E-state index in [4.69, 9.17) is 5.11 Å². The van der Waals surface area contributed by atoms with Gasteiger partial charge in [-0.2, -0.15) is 0 Å². The smallest absolute Gasteiger partial charge is 0.326 e. The van der Waals surface area contributed by atoms with Crippen LogP contribution in [0.1, 0.15) is 20.3 Å². The number of aliphatic carboxylic acids is 1. The first-order valence-corrected chi connectivity index (χ1v) is 6.39. The Kier molecular flexibility index (Phi) is 5.49. The number of nitrogens with zero attached hydrogens (tertiary/aromatic N) is 1. The van der Waals surface area contributed by atoms with Crippen molar-refractivity contribution in [3.8, 4) is 0 Å². The summed E-state index contributed by atoms with van der Waals surface area (Å²) in [6.45, 7) is 3.62. The summed E-state index contributed by atoms with van der Waals surface area (Å²) in [6.07, 6.45) is 0.636.